The van der Waals surface area contributed by atoms with Crippen LogP contribution in [0, 0.1) is 5.92 Å². The van der Waals surface area contributed by atoms with Crippen molar-refractivity contribution >= 4 is 11.8 Å². The van der Waals surface area contributed by atoms with Gasteiger partial charge in [0.15, 0.2) is 0 Å². The van der Waals surface area contributed by atoms with Crippen molar-refractivity contribution in [1.82, 2.24) is 0 Å². The van der Waals surface area contributed by atoms with E-state index in [0.717, 1.165) is 38.5 Å². The topological polar surface area (TPSA) is 57.2 Å². The van der Waals surface area contributed by atoms with Crippen LogP contribution in [0.15, 0.2) is 0 Å². The minimum Gasteiger partial charge on any atom is -0.549 e. The van der Waals surface area contributed by atoms with Crippen LogP contribution in [0.3, 0.4) is 0 Å². The van der Waals surface area contributed by atoms with Gasteiger partial charge in [0.25, 0.3) is 0 Å². The van der Waals surface area contributed by atoms with Gasteiger partial charge in [0.05, 0.1) is 11.9 Å². The third-order valence-electron chi connectivity index (χ3n) is 5.55. The summed E-state index contributed by atoms with van der Waals surface area (Å²) in [6, 6.07) is 0. The maximum absolute atomic E-state index is 12.2. The molecule has 0 aromatic rings. The number of ketones is 1. The summed E-state index contributed by atoms with van der Waals surface area (Å²) in [5, 5.41) is 11.3. The molecule has 1 atom stereocenters. The van der Waals surface area contributed by atoms with Crippen LogP contribution in [0.4, 0.5) is 0 Å². The number of carboxylic acid groups (broad SMARTS) is 1. The first-order valence-corrected chi connectivity index (χ1v) is 11.9. The van der Waals surface area contributed by atoms with Gasteiger partial charge in [-0.3, -0.25) is 4.79 Å². The summed E-state index contributed by atoms with van der Waals surface area (Å²) in [5.74, 6) is -2.15. The maximum Gasteiger partial charge on any atom is 0.141 e. The summed E-state index contributed by atoms with van der Waals surface area (Å²) < 4.78 is 0. The molecule has 3 nitrogen and oxygen atoms in total. The highest BCUT2D eigenvalue weighted by Gasteiger charge is 2.18. The highest BCUT2D eigenvalue weighted by molar-refractivity contribution is 5.97. The normalized spacial score (nSPS) is 12.2. The Morgan fingerprint density at radius 2 is 0.963 bits per heavy atom. The third kappa shape index (κ3) is 17.0. The average molecular weight is 382 g/mol. The second kappa shape index (κ2) is 19.9. The van der Waals surface area contributed by atoms with Gasteiger partial charge in [0.1, 0.15) is 5.78 Å². The lowest BCUT2D eigenvalue weighted by Crippen LogP contribution is -2.36. The molecular formula is C24H45O3-. The van der Waals surface area contributed by atoms with Crippen LogP contribution in [-0.4, -0.2) is 11.8 Å². The first-order valence-electron chi connectivity index (χ1n) is 11.9. The molecule has 0 saturated heterocycles. The average Bonchev–Trinajstić information content (AvgIpc) is 2.65. The minimum atomic E-state index is -1.17. The molecule has 0 aliphatic rings. The van der Waals surface area contributed by atoms with E-state index in [0.29, 0.717) is 12.8 Å². The Balaban J connectivity index is 3.69. The van der Waals surface area contributed by atoms with Crippen LogP contribution in [-0.2, 0) is 9.59 Å². The number of carbonyl (C=O) groups is 2. The highest BCUT2D eigenvalue weighted by atomic mass is 16.4. The maximum atomic E-state index is 12.2. The Morgan fingerprint density at radius 3 is 1.37 bits per heavy atom. The van der Waals surface area contributed by atoms with Gasteiger partial charge in [-0.05, 0) is 12.8 Å². The van der Waals surface area contributed by atoms with Crippen LogP contribution in [0.25, 0.3) is 0 Å². The van der Waals surface area contributed by atoms with Crippen molar-refractivity contribution in [3.05, 3.63) is 0 Å². The van der Waals surface area contributed by atoms with E-state index in [9.17, 15) is 14.7 Å². The summed E-state index contributed by atoms with van der Waals surface area (Å²) in [6.07, 6.45) is 21.1. The van der Waals surface area contributed by atoms with Gasteiger partial charge in [-0.15, -0.1) is 0 Å². The Bertz CT molecular complexity index is 352. The van der Waals surface area contributed by atoms with Crippen molar-refractivity contribution in [2.75, 3.05) is 0 Å². The SMILES string of the molecule is CCCCCCCCCCCC(=O)[C@@H](CCCCCCCCCC)C(=O)[O-]. The first-order chi connectivity index (χ1) is 13.1. The molecule has 27 heavy (non-hydrogen) atoms. The van der Waals surface area contributed by atoms with Crippen molar-refractivity contribution in [2.24, 2.45) is 5.92 Å². The van der Waals surface area contributed by atoms with E-state index in [2.05, 4.69) is 13.8 Å². The van der Waals surface area contributed by atoms with E-state index in [1.54, 1.807) is 0 Å². The van der Waals surface area contributed by atoms with Gasteiger partial charge < -0.3 is 9.90 Å². The molecule has 0 amide bonds. The summed E-state index contributed by atoms with van der Waals surface area (Å²) in [6.45, 7) is 4.44. The second-order valence-corrected chi connectivity index (χ2v) is 8.18. The number of aliphatic carboxylic acids is 1. The number of Topliss-reactive ketones (excluding diaryl/α,β-unsaturated/α-hetero) is 1. The predicted octanol–water partition coefficient (Wildman–Crippen LogP) is 6.37. The fraction of sp³-hybridized carbons (Fsp3) is 0.917. The van der Waals surface area contributed by atoms with Crippen LogP contribution in [0.5, 0.6) is 0 Å². The molecule has 0 saturated carbocycles. The Hall–Kier alpha value is -0.860. The number of hydrogen-bond donors (Lipinski definition) is 0. The lowest BCUT2D eigenvalue weighted by atomic mass is 9.93. The molecule has 0 spiro atoms. The Kier molecular flexibility index (Phi) is 19.3. The second-order valence-electron chi connectivity index (χ2n) is 8.18. The fourth-order valence-corrected chi connectivity index (χ4v) is 3.68. The zero-order chi connectivity index (χ0) is 20.2. The van der Waals surface area contributed by atoms with Gasteiger partial charge >= 0.3 is 0 Å². The number of carbonyl (C=O) groups excluding carboxylic acids is 2. The lowest BCUT2D eigenvalue weighted by Gasteiger charge is -2.16. The summed E-state index contributed by atoms with van der Waals surface area (Å²) in [5.41, 5.74) is 0. The molecule has 0 aliphatic heterocycles. The number of unbranched alkanes of at least 4 members (excludes halogenated alkanes) is 15. The zero-order valence-corrected chi connectivity index (χ0v) is 18.2. The van der Waals surface area contributed by atoms with E-state index in [1.165, 1.54) is 70.6 Å². The van der Waals surface area contributed by atoms with Crippen LogP contribution >= 0.6 is 0 Å². The zero-order valence-electron chi connectivity index (χ0n) is 18.2. The van der Waals surface area contributed by atoms with Gasteiger partial charge in [-0.1, -0.05) is 117 Å². The van der Waals surface area contributed by atoms with Gasteiger partial charge in [0, 0.05) is 6.42 Å². The number of carboxylic acids is 1. The first kappa shape index (κ1) is 26.1. The monoisotopic (exact) mass is 381 g/mol. The van der Waals surface area contributed by atoms with Crippen LogP contribution < -0.4 is 5.11 Å². The van der Waals surface area contributed by atoms with E-state index >= 15 is 0 Å². The molecule has 0 radical (unpaired) electrons. The van der Waals surface area contributed by atoms with Crippen LogP contribution in [0.2, 0.25) is 0 Å². The minimum absolute atomic E-state index is 0.110. The molecule has 3 heteroatoms. The van der Waals surface area contributed by atoms with E-state index < -0.39 is 11.9 Å². The van der Waals surface area contributed by atoms with Crippen molar-refractivity contribution in [3.8, 4) is 0 Å². The molecule has 0 bridgehead atoms. The molecular weight excluding hydrogens is 336 g/mol. The molecule has 0 heterocycles. The molecule has 0 unspecified atom stereocenters. The largest absolute Gasteiger partial charge is 0.549 e. The molecule has 160 valence electrons. The van der Waals surface area contributed by atoms with Crippen LogP contribution in [0.1, 0.15) is 136 Å². The summed E-state index contributed by atoms with van der Waals surface area (Å²) in [7, 11) is 0. The third-order valence-corrected chi connectivity index (χ3v) is 5.55. The van der Waals surface area contributed by atoms with Gasteiger partial charge in [-0.2, -0.15) is 0 Å². The Morgan fingerprint density at radius 1 is 0.593 bits per heavy atom. The number of hydrogen-bond acceptors (Lipinski definition) is 3. The quantitative estimate of drug-likeness (QED) is 0.171. The van der Waals surface area contributed by atoms with E-state index in [-0.39, 0.29) is 5.78 Å². The molecule has 0 aliphatic carbocycles. The number of rotatable bonds is 21. The molecule has 0 aromatic heterocycles. The summed E-state index contributed by atoms with van der Waals surface area (Å²) in [4.78, 5) is 23.5. The Labute approximate surface area is 168 Å². The van der Waals surface area contributed by atoms with E-state index in [1.807, 2.05) is 0 Å². The standard InChI is InChI=1S/C24H46O3/c1-3-5-7-9-11-13-15-17-19-21-23(25)22(24(26)27)20-18-16-14-12-10-8-6-4-2/h22H,3-21H2,1-2H3,(H,26,27)/p-1/t22-/m1/s1. The molecule has 0 rings (SSSR count). The van der Waals surface area contributed by atoms with Crippen molar-refractivity contribution in [3.63, 3.8) is 0 Å². The summed E-state index contributed by atoms with van der Waals surface area (Å²) >= 11 is 0. The predicted molar refractivity (Wildman–Crippen MR) is 113 cm³/mol. The smallest absolute Gasteiger partial charge is 0.141 e. The van der Waals surface area contributed by atoms with Crippen molar-refractivity contribution in [1.29, 1.82) is 0 Å². The highest BCUT2D eigenvalue weighted by Crippen LogP contribution is 2.17. The molecule has 0 N–H and O–H groups in total. The van der Waals surface area contributed by atoms with Crippen molar-refractivity contribution in [2.45, 2.75) is 136 Å². The molecule has 0 fully saturated rings. The van der Waals surface area contributed by atoms with Crippen molar-refractivity contribution < 1.29 is 14.7 Å². The van der Waals surface area contributed by atoms with E-state index in [4.69, 9.17) is 0 Å². The lowest BCUT2D eigenvalue weighted by molar-refractivity contribution is -0.310. The molecule has 0 aromatic carbocycles. The van der Waals surface area contributed by atoms with Gasteiger partial charge in [-0.25, -0.2) is 0 Å². The fourth-order valence-electron chi connectivity index (χ4n) is 3.68. The van der Waals surface area contributed by atoms with Gasteiger partial charge in [0.2, 0.25) is 0 Å².